The van der Waals surface area contributed by atoms with Crippen LogP contribution < -0.4 is 4.74 Å². The lowest BCUT2D eigenvalue weighted by molar-refractivity contribution is -0.275. The van der Waals surface area contributed by atoms with Crippen molar-refractivity contribution in [2.75, 3.05) is 0 Å². The highest BCUT2D eigenvalue weighted by Crippen LogP contribution is 2.37. The van der Waals surface area contributed by atoms with Crippen LogP contribution in [-0.4, -0.2) is 22.4 Å². The zero-order valence-electron chi connectivity index (χ0n) is 8.13. The predicted molar refractivity (Wildman–Crippen MR) is 55.6 cm³/mol. The summed E-state index contributed by atoms with van der Waals surface area (Å²) < 4.78 is 64.5. The van der Waals surface area contributed by atoms with E-state index in [1.165, 1.54) is 22.6 Å². The van der Waals surface area contributed by atoms with Gasteiger partial charge in [-0.05, 0) is 22.6 Å². The molecule has 0 spiro atoms. The Morgan fingerprint density at radius 1 is 1.44 bits per heavy atom. The van der Waals surface area contributed by atoms with Crippen LogP contribution in [0.5, 0.6) is 5.75 Å². The fourth-order valence-corrected chi connectivity index (χ4v) is 1.68. The molecule has 1 aromatic heterocycles. The second-order valence-corrected chi connectivity index (χ2v) is 4.01. The van der Waals surface area contributed by atoms with Gasteiger partial charge in [0.2, 0.25) is 0 Å². The van der Waals surface area contributed by atoms with Gasteiger partial charge in [-0.1, -0.05) is 0 Å². The number of hydrogen-bond acceptors (Lipinski definition) is 3. The number of aromatic nitrogens is 1. The zero-order chi connectivity index (χ0) is 14.1. The van der Waals surface area contributed by atoms with Crippen molar-refractivity contribution in [3.05, 3.63) is 21.0 Å². The number of ether oxygens (including phenoxy) is 1. The quantitative estimate of drug-likeness (QED) is 0.644. The number of carboxylic acids is 1. The van der Waals surface area contributed by atoms with Gasteiger partial charge in [-0.3, -0.25) is 0 Å². The van der Waals surface area contributed by atoms with E-state index in [0.717, 1.165) is 6.20 Å². The Morgan fingerprint density at radius 2 is 2.00 bits per heavy atom. The molecule has 1 heterocycles. The molecule has 0 aliphatic carbocycles. The van der Waals surface area contributed by atoms with Crippen LogP contribution >= 0.6 is 22.6 Å². The van der Waals surface area contributed by atoms with Gasteiger partial charge in [0.05, 0.1) is 5.56 Å². The molecule has 1 N–H and O–H groups in total. The fraction of sp³-hybridized carbons (Fsp3) is 0.250. The van der Waals surface area contributed by atoms with Crippen molar-refractivity contribution in [1.82, 2.24) is 4.98 Å². The Bertz CT molecular complexity index is 477. The Morgan fingerprint density at radius 3 is 2.39 bits per heavy atom. The van der Waals surface area contributed by atoms with Crippen LogP contribution in [0, 0.1) is 3.57 Å². The maximum absolute atomic E-state index is 12.6. The van der Waals surface area contributed by atoms with Gasteiger partial charge < -0.3 is 9.84 Å². The number of nitrogens with zero attached hydrogens (tertiary/aromatic N) is 1. The molecule has 18 heavy (non-hydrogen) atoms. The van der Waals surface area contributed by atoms with Gasteiger partial charge in [-0.2, -0.15) is 0 Å². The van der Waals surface area contributed by atoms with Crippen molar-refractivity contribution in [3.63, 3.8) is 0 Å². The van der Waals surface area contributed by atoms with E-state index in [2.05, 4.69) is 9.72 Å². The van der Waals surface area contributed by atoms with Gasteiger partial charge in [0.1, 0.15) is 0 Å². The molecule has 100 valence electrons. The van der Waals surface area contributed by atoms with Gasteiger partial charge >= 0.3 is 12.3 Å². The minimum Gasteiger partial charge on any atom is -0.476 e. The Hall–Kier alpha value is -1.20. The van der Waals surface area contributed by atoms with Crippen molar-refractivity contribution in [2.45, 2.75) is 12.8 Å². The molecule has 0 atom stereocenters. The first-order chi connectivity index (χ1) is 8.13. The molecule has 0 saturated heterocycles. The number of hydrogen-bond donors (Lipinski definition) is 1. The highest BCUT2D eigenvalue weighted by atomic mass is 127. The van der Waals surface area contributed by atoms with E-state index in [0.29, 0.717) is 0 Å². The SMILES string of the molecule is O=C(O)c1ncc(I)c(C(F)F)c1OC(F)(F)F. The smallest absolute Gasteiger partial charge is 0.476 e. The summed E-state index contributed by atoms with van der Waals surface area (Å²) in [5.41, 5.74) is -2.37. The molecule has 0 fully saturated rings. The van der Waals surface area contributed by atoms with E-state index in [4.69, 9.17) is 5.11 Å². The molecular weight excluding hydrogens is 380 g/mol. The summed E-state index contributed by atoms with van der Waals surface area (Å²) in [7, 11) is 0. The predicted octanol–water partition coefficient (Wildman–Crippen LogP) is 3.22. The Kier molecular flexibility index (Phi) is 4.29. The molecule has 0 aromatic carbocycles. The van der Waals surface area contributed by atoms with Gasteiger partial charge in [-0.15, -0.1) is 13.2 Å². The van der Waals surface area contributed by atoms with Crippen LogP contribution in [-0.2, 0) is 0 Å². The van der Waals surface area contributed by atoms with Crippen LogP contribution in [0.15, 0.2) is 6.20 Å². The Balaban J connectivity index is 3.48. The van der Waals surface area contributed by atoms with Crippen molar-refractivity contribution < 1.29 is 36.6 Å². The standard InChI is InChI=1S/C8H3F5INO3/c9-6(10)3-2(14)1-15-4(7(16)17)5(3)18-8(11,12)13/h1,6H,(H,16,17). The summed E-state index contributed by atoms with van der Waals surface area (Å²) in [6.45, 7) is 0. The highest BCUT2D eigenvalue weighted by molar-refractivity contribution is 14.1. The normalized spacial score (nSPS) is 11.7. The first kappa shape index (κ1) is 14.9. The molecule has 10 heteroatoms. The lowest BCUT2D eigenvalue weighted by Gasteiger charge is -2.15. The molecule has 0 aliphatic heterocycles. The van der Waals surface area contributed by atoms with Gasteiger partial charge in [0, 0.05) is 9.77 Å². The maximum Gasteiger partial charge on any atom is 0.573 e. The molecule has 4 nitrogen and oxygen atoms in total. The number of aromatic carboxylic acids is 1. The monoisotopic (exact) mass is 383 g/mol. The molecule has 0 bridgehead atoms. The summed E-state index contributed by atoms with van der Waals surface area (Å²) in [6, 6.07) is 0. The molecule has 0 radical (unpaired) electrons. The summed E-state index contributed by atoms with van der Waals surface area (Å²) in [5.74, 6) is -3.38. The minimum absolute atomic E-state index is 0.327. The van der Waals surface area contributed by atoms with Crippen molar-refractivity contribution >= 4 is 28.6 Å². The van der Waals surface area contributed by atoms with Crippen LogP contribution in [0.4, 0.5) is 22.0 Å². The van der Waals surface area contributed by atoms with E-state index < -0.39 is 35.8 Å². The van der Waals surface area contributed by atoms with E-state index in [1.54, 1.807) is 0 Å². The number of halogens is 6. The van der Waals surface area contributed by atoms with Crippen LogP contribution in [0.25, 0.3) is 0 Å². The highest BCUT2D eigenvalue weighted by Gasteiger charge is 2.37. The summed E-state index contributed by atoms with van der Waals surface area (Å²) in [4.78, 5) is 13.8. The van der Waals surface area contributed by atoms with Gasteiger partial charge in [0.15, 0.2) is 11.4 Å². The largest absolute Gasteiger partial charge is 0.573 e. The third kappa shape index (κ3) is 3.40. The summed E-state index contributed by atoms with van der Waals surface area (Å²) in [6.07, 6.45) is -7.88. The van der Waals surface area contributed by atoms with Crippen molar-refractivity contribution in [1.29, 1.82) is 0 Å². The minimum atomic E-state index is -5.29. The van der Waals surface area contributed by atoms with Crippen molar-refractivity contribution in [3.8, 4) is 5.75 Å². The second kappa shape index (κ2) is 5.20. The van der Waals surface area contributed by atoms with Crippen molar-refractivity contribution in [2.24, 2.45) is 0 Å². The fourth-order valence-electron chi connectivity index (χ4n) is 1.06. The average Bonchev–Trinajstić information content (AvgIpc) is 2.13. The van der Waals surface area contributed by atoms with Crippen LogP contribution in [0.1, 0.15) is 22.5 Å². The van der Waals surface area contributed by atoms with Crippen LogP contribution in [0.2, 0.25) is 0 Å². The zero-order valence-corrected chi connectivity index (χ0v) is 10.3. The number of pyridine rings is 1. The lowest BCUT2D eigenvalue weighted by atomic mass is 10.2. The van der Waals surface area contributed by atoms with E-state index in [9.17, 15) is 26.7 Å². The third-order valence-corrected chi connectivity index (χ3v) is 2.52. The molecule has 0 saturated carbocycles. The summed E-state index contributed by atoms with van der Waals surface area (Å²) in [5, 5.41) is 8.60. The molecule has 0 amide bonds. The first-order valence-corrected chi connectivity index (χ1v) is 5.17. The Labute approximate surface area is 110 Å². The van der Waals surface area contributed by atoms with E-state index >= 15 is 0 Å². The molecule has 0 aliphatic rings. The van der Waals surface area contributed by atoms with E-state index in [1.807, 2.05) is 0 Å². The second-order valence-electron chi connectivity index (χ2n) is 2.85. The van der Waals surface area contributed by atoms with Gasteiger partial charge in [0.25, 0.3) is 6.43 Å². The lowest BCUT2D eigenvalue weighted by Crippen LogP contribution is -2.21. The number of carboxylic acid groups (broad SMARTS) is 1. The molecule has 1 rings (SSSR count). The average molecular weight is 383 g/mol. The first-order valence-electron chi connectivity index (χ1n) is 4.09. The summed E-state index contributed by atoms with van der Waals surface area (Å²) >= 11 is 1.31. The number of alkyl halides is 5. The topological polar surface area (TPSA) is 59.4 Å². The third-order valence-electron chi connectivity index (χ3n) is 1.66. The number of carbonyl (C=O) groups is 1. The van der Waals surface area contributed by atoms with E-state index in [-0.39, 0.29) is 3.57 Å². The molecule has 0 unspecified atom stereocenters. The number of rotatable bonds is 3. The van der Waals surface area contributed by atoms with Gasteiger partial charge in [-0.25, -0.2) is 18.6 Å². The molecular formula is C8H3F5INO3. The molecule has 1 aromatic rings. The van der Waals surface area contributed by atoms with Crippen LogP contribution in [0.3, 0.4) is 0 Å². The maximum atomic E-state index is 12.6.